The number of aromatic hydroxyl groups is 1. The standard InChI is InChI=1S/C10H10O4.CH4/c1-14-9-6-7(2-4-8(9)11)3-5-10(12)13;/h2-6,11H,1H3,(H,12,13);1H4. The second-order valence-corrected chi connectivity index (χ2v) is 2.60. The van der Waals surface area contributed by atoms with Crippen LogP contribution in [-0.2, 0) is 4.79 Å². The number of hydrogen-bond acceptors (Lipinski definition) is 3. The SMILES string of the molecule is C.COc1cc(C=CC(=O)O)ccc1O. The van der Waals surface area contributed by atoms with Crippen molar-refractivity contribution in [3.63, 3.8) is 0 Å². The van der Waals surface area contributed by atoms with Crippen LogP contribution < -0.4 is 4.74 Å². The molecule has 15 heavy (non-hydrogen) atoms. The van der Waals surface area contributed by atoms with Crippen LogP contribution in [-0.4, -0.2) is 23.3 Å². The summed E-state index contributed by atoms with van der Waals surface area (Å²) in [5, 5.41) is 17.6. The molecule has 0 heterocycles. The Balaban J connectivity index is 0.00000196. The molecule has 1 aromatic carbocycles. The lowest BCUT2D eigenvalue weighted by Gasteiger charge is -2.03. The van der Waals surface area contributed by atoms with Gasteiger partial charge in [-0.25, -0.2) is 4.79 Å². The van der Waals surface area contributed by atoms with Crippen LogP contribution in [0.25, 0.3) is 6.08 Å². The van der Waals surface area contributed by atoms with Gasteiger partial charge in [-0.05, 0) is 23.8 Å². The molecule has 82 valence electrons. The van der Waals surface area contributed by atoms with Crippen LogP contribution in [0.15, 0.2) is 24.3 Å². The molecule has 0 amide bonds. The number of phenols is 1. The molecule has 0 unspecified atom stereocenters. The molecule has 0 saturated carbocycles. The third-order valence-corrected chi connectivity index (χ3v) is 1.62. The summed E-state index contributed by atoms with van der Waals surface area (Å²) in [5.74, 6) is -0.672. The molecule has 2 N–H and O–H groups in total. The third kappa shape index (κ3) is 3.72. The van der Waals surface area contributed by atoms with Crippen molar-refractivity contribution < 1.29 is 19.7 Å². The highest BCUT2D eigenvalue weighted by Crippen LogP contribution is 2.26. The predicted octanol–water partition coefficient (Wildman–Crippen LogP) is 2.13. The Hall–Kier alpha value is -1.97. The van der Waals surface area contributed by atoms with Gasteiger partial charge in [-0.1, -0.05) is 13.5 Å². The minimum absolute atomic E-state index is 0. The largest absolute Gasteiger partial charge is 0.504 e. The van der Waals surface area contributed by atoms with Gasteiger partial charge in [-0.2, -0.15) is 0 Å². The zero-order valence-corrected chi connectivity index (χ0v) is 7.60. The van der Waals surface area contributed by atoms with Gasteiger partial charge >= 0.3 is 5.97 Å². The molecule has 0 bridgehead atoms. The van der Waals surface area contributed by atoms with Crippen molar-refractivity contribution in [3.05, 3.63) is 29.8 Å². The molecule has 0 aromatic heterocycles. The summed E-state index contributed by atoms with van der Waals surface area (Å²) in [6, 6.07) is 4.59. The summed E-state index contributed by atoms with van der Waals surface area (Å²) in [6.07, 6.45) is 2.44. The molecule has 0 radical (unpaired) electrons. The van der Waals surface area contributed by atoms with Crippen LogP contribution in [0.3, 0.4) is 0 Å². The lowest BCUT2D eigenvalue weighted by atomic mass is 10.2. The van der Waals surface area contributed by atoms with Crippen molar-refractivity contribution >= 4 is 12.0 Å². The molecule has 0 aliphatic heterocycles. The highest BCUT2D eigenvalue weighted by Gasteiger charge is 2.00. The molecule has 0 spiro atoms. The van der Waals surface area contributed by atoms with Crippen LogP contribution in [0.2, 0.25) is 0 Å². The number of aliphatic carboxylic acids is 1. The van der Waals surface area contributed by atoms with Crippen LogP contribution in [0.1, 0.15) is 13.0 Å². The third-order valence-electron chi connectivity index (χ3n) is 1.62. The van der Waals surface area contributed by atoms with E-state index >= 15 is 0 Å². The number of rotatable bonds is 3. The number of ether oxygens (including phenoxy) is 1. The number of carbonyl (C=O) groups is 1. The molecule has 4 heteroatoms. The Kier molecular flexibility index (Phi) is 4.95. The summed E-state index contributed by atoms with van der Waals surface area (Å²) in [4.78, 5) is 10.2. The number of methoxy groups -OCH3 is 1. The molecular weight excluding hydrogens is 196 g/mol. The van der Waals surface area contributed by atoms with Crippen LogP contribution in [0.5, 0.6) is 11.5 Å². The maximum absolute atomic E-state index is 10.2. The van der Waals surface area contributed by atoms with Gasteiger partial charge in [0.05, 0.1) is 7.11 Å². The maximum Gasteiger partial charge on any atom is 0.328 e. The second-order valence-electron chi connectivity index (χ2n) is 2.60. The van der Waals surface area contributed by atoms with Gasteiger partial charge in [-0.3, -0.25) is 0 Å². The topological polar surface area (TPSA) is 66.8 Å². The minimum Gasteiger partial charge on any atom is -0.504 e. The zero-order valence-electron chi connectivity index (χ0n) is 7.60. The van der Waals surface area contributed by atoms with E-state index in [0.29, 0.717) is 11.3 Å². The van der Waals surface area contributed by atoms with Gasteiger partial charge in [-0.15, -0.1) is 0 Å². The predicted molar refractivity (Wildman–Crippen MR) is 58.1 cm³/mol. The minimum atomic E-state index is -1.02. The lowest BCUT2D eigenvalue weighted by Crippen LogP contribution is -1.87. The van der Waals surface area contributed by atoms with E-state index in [1.54, 1.807) is 12.1 Å². The van der Waals surface area contributed by atoms with E-state index in [2.05, 4.69) is 0 Å². The normalized spacial score (nSPS) is 9.67. The number of carboxylic acids is 1. The first-order valence-electron chi connectivity index (χ1n) is 3.91. The maximum atomic E-state index is 10.2. The van der Waals surface area contributed by atoms with Gasteiger partial charge in [0.25, 0.3) is 0 Å². The summed E-state index contributed by atoms with van der Waals surface area (Å²) in [5.41, 5.74) is 0.655. The van der Waals surface area contributed by atoms with E-state index in [4.69, 9.17) is 9.84 Å². The van der Waals surface area contributed by atoms with Crippen molar-refractivity contribution in [2.45, 2.75) is 7.43 Å². The van der Waals surface area contributed by atoms with E-state index in [1.807, 2.05) is 0 Å². The van der Waals surface area contributed by atoms with Gasteiger partial charge < -0.3 is 14.9 Å². The van der Waals surface area contributed by atoms with Crippen molar-refractivity contribution in [2.24, 2.45) is 0 Å². The molecule has 0 aliphatic carbocycles. The average molecular weight is 210 g/mol. The Labute approximate surface area is 88.4 Å². The number of carboxylic acid groups (broad SMARTS) is 1. The van der Waals surface area contributed by atoms with Crippen molar-refractivity contribution in [1.29, 1.82) is 0 Å². The summed E-state index contributed by atoms with van der Waals surface area (Å²) < 4.78 is 4.86. The number of benzene rings is 1. The average Bonchev–Trinajstić information content (AvgIpc) is 2.16. The Bertz CT molecular complexity index is 369. The fourth-order valence-electron chi connectivity index (χ4n) is 0.965. The molecule has 0 fully saturated rings. The second kappa shape index (κ2) is 5.70. The highest BCUT2D eigenvalue weighted by molar-refractivity contribution is 5.85. The lowest BCUT2D eigenvalue weighted by molar-refractivity contribution is -0.131. The van der Waals surface area contributed by atoms with E-state index in [1.165, 1.54) is 19.3 Å². The van der Waals surface area contributed by atoms with E-state index < -0.39 is 5.97 Å². The van der Waals surface area contributed by atoms with Crippen LogP contribution >= 0.6 is 0 Å². The molecule has 0 atom stereocenters. The van der Waals surface area contributed by atoms with Crippen molar-refractivity contribution in [1.82, 2.24) is 0 Å². The summed E-state index contributed by atoms with van der Waals surface area (Å²) in [6.45, 7) is 0. The highest BCUT2D eigenvalue weighted by atomic mass is 16.5. The zero-order chi connectivity index (χ0) is 10.6. The van der Waals surface area contributed by atoms with Crippen LogP contribution in [0, 0.1) is 0 Å². The Morgan fingerprint density at radius 1 is 1.47 bits per heavy atom. The summed E-state index contributed by atoms with van der Waals surface area (Å²) >= 11 is 0. The smallest absolute Gasteiger partial charge is 0.328 e. The molecule has 1 aromatic rings. The van der Waals surface area contributed by atoms with Gasteiger partial charge in [0.15, 0.2) is 11.5 Å². The van der Waals surface area contributed by atoms with Gasteiger partial charge in [0.2, 0.25) is 0 Å². The first kappa shape index (κ1) is 13.0. The van der Waals surface area contributed by atoms with E-state index in [-0.39, 0.29) is 13.2 Å². The van der Waals surface area contributed by atoms with Crippen LogP contribution in [0.4, 0.5) is 0 Å². The fourth-order valence-corrected chi connectivity index (χ4v) is 0.965. The Morgan fingerprint density at radius 2 is 2.13 bits per heavy atom. The fraction of sp³-hybridized carbons (Fsp3) is 0.182. The van der Waals surface area contributed by atoms with E-state index in [9.17, 15) is 9.90 Å². The molecule has 1 rings (SSSR count). The summed E-state index contributed by atoms with van der Waals surface area (Å²) in [7, 11) is 1.43. The molecule has 4 nitrogen and oxygen atoms in total. The number of hydrogen-bond donors (Lipinski definition) is 2. The number of phenolic OH excluding ortho intramolecular Hbond substituents is 1. The van der Waals surface area contributed by atoms with Gasteiger partial charge in [0.1, 0.15) is 0 Å². The van der Waals surface area contributed by atoms with Crippen molar-refractivity contribution in [3.8, 4) is 11.5 Å². The monoisotopic (exact) mass is 210 g/mol. The van der Waals surface area contributed by atoms with Crippen molar-refractivity contribution in [2.75, 3.05) is 7.11 Å². The Morgan fingerprint density at radius 3 is 2.67 bits per heavy atom. The first-order chi connectivity index (χ1) is 6.63. The first-order valence-corrected chi connectivity index (χ1v) is 3.91. The quantitative estimate of drug-likeness (QED) is 0.750. The molecular formula is C11H14O4. The molecule has 0 saturated heterocycles. The van der Waals surface area contributed by atoms with Gasteiger partial charge in [0, 0.05) is 6.08 Å². The molecule has 0 aliphatic rings. The van der Waals surface area contributed by atoms with E-state index in [0.717, 1.165) is 6.08 Å².